The predicted molar refractivity (Wildman–Crippen MR) is 135 cm³/mol. The van der Waals surface area contributed by atoms with Crippen LogP contribution in [0.2, 0.25) is 0 Å². The Balaban J connectivity index is 0.00000324. The molecule has 0 saturated carbocycles. The van der Waals surface area contributed by atoms with Gasteiger partial charge in [-0.1, -0.05) is 26.0 Å². The molecule has 13 heteroatoms. The molecule has 1 aromatic carbocycles. The van der Waals surface area contributed by atoms with Gasteiger partial charge in [-0.2, -0.15) is 0 Å². The van der Waals surface area contributed by atoms with E-state index < -0.39 is 22.9 Å². The number of aromatic nitrogens is 2. The summed E-state index contributed by atoms with van der Waals surface area (Å²) in [6.07, 6.45) is 0. The standard InChI is InChI=1S/C23H29N5O6.ClH.H2O/c1-6-26(7-2)13-17-25-19(23(30)34-8-3)21-24-14(4)18(22(29)33-5)20(27(17)21)15-10-9-11-16(12-15)28(31)32;;/h9-12,20,24H,6-8,13H2,1-5H3;1H;1H2. The molecule has 3 N–H and O–H groups in total. The number of hydrogen-bond acceptors (Lipinski definition) is 9. The summed E-state index contributed by atoms with van der Waals surface area (Å²) in [4.78, 5) is 43.4. The maximum absolute atomic E-state index is 12.9. The number of anilines is 1. The number of nitrogens with zero attached hydrogens (tertiary/aromatic N) is 4. The first-order chi connectivity index (χ1) is 16.3. The van der Waals surface area contributed by atoms with Gasteiger partial charge in [-0.3, -0.25) is 15.0 Å². The lowest BCUT2D eigenvalue weighted by Gasteiger charge is -2.32. The number of non-ortho nitro benzene ring substituents is 1. The van der Waals surface area contributed by atoms with E-state index in [1.165, 1.54) is 19.2 Å². The number of nitro benzene ring substituents is 1. The van der Waals surface area contributed by atoms with E-state index in [1.807, 2.05) is 13.8 Å². The zero-order valence-electron chi connectivity index (χ0n) is 20.9. The maximum Gasteiger partial charge on any atom is 0.360 e. The minimum Gasteiger partial charge on any atom is -0.466 e. The highest BCUT2D eigenvalue weighted by atomic mass is 35.5. The highest BCUT2D eigenvalue weighted by Gasteiger charge is 2.38. The number of benzene rings is 1. The van der Waals surface area contributed by atoms with Crippen LogP contribution in [0.15, 0.2) is 35.5 Å². The van der Waals surface area contributed by atoms with Gasteiger partial charge in [0.05, 0.1) is 36.8 Å². The van der Waals surface area contributed by atoms with E-state index in [0.29, 0.717) is 29.4 Å². The first-order valence-corrected chi connectivity index (χ1v) is 11.1. The Morgan fingerprint density at radius 3 is 2.44 bits per heavy atom. The lowest BCUT2D eigenvalue weighted by Crippen LogP contribution is -2.32. The van der Waals surface area contributed by atoms with E-state index in [2.05, 4.69) is 15.2 Å². The molecule has 1 aliphatic rings. The van der Waals surface area contributed by atoms with Crippen LogP contribution >= 0.6 is 12.4 Å². The molecule has 2 aromatic rings. The van der Waals surface area contributed by atoms with Crippen molar-refractivity contribution < 1.29 is 29.5 Å². The number of imidazole rings is 1. The molecule has 198 valence electrons. The Bertz CT molecular complexity index is 1140. The van der Waals surface area contributed by atoms with Crippen molar-refractivity contribution in [3.63, 3.8) is 0 Å². The van der Waals surface area contributed by atoms with Crippen LogP contribution in [-0.4, -0.2) is 63.6 Å². The molecule has 0 saturated heterocycles. The van der Waals surface area contributed by atoms with E-state index in [1.54, 1.807) is 30.5 Å². The van der Waals surface area contributed by atoms with Crippen molar-refractivity contribution in [2.45, 2.75) is 40.3 Å². The number of ether oxygens (including phenoxy) is 2. The fraction of sp³-hybridized carbons (Fsp3) is 0.435. The quantitative estimate of drug-likeness (QED) is 0.295. The molecule has 2 heterocycles. The average molecular weight is 526 g/mol. The summed E-state index contributed by atoms with van der Waals surface area (Å²) in [6.45, 7) is 9.45. The number of fused-ring (bicyclic) bond motifs is 1. The molecule has 0 bridgehead atoms. The molecule has 0 spiro atoms. The molecule has 12 nitrogen and oxygen atoms in total. The van der Waals surface area contributed by atoms with Crippen LogP contribution in [0.4, 0.5) is 11.5 Å². The third-order valence-electron chi connectivity index (χ3n) is 5.76. The molecule has 1 unspecified atom stereocenters. The lowest BCUT2D eigenvalue weighted by molar-refractivity contribution is -0.384. The average Bonchev–Trinajstić information content (AvgIpc) is 3.18. The first kappa shape index (κ1) is 30.6. The van der Waals surface area contributed by atoms with Gasteiger partial charge in [-0.05, 0) is 32.5 Å². The molecule has 0 fully saturated rings. The summed E-state index contributed by atoms with van der Waals surface area (Å²) < 4.78 is 12.0. The number of methoxy groups -OCH3 is 1. The van der Waals surface area contributed by atoms with E-state index in [9.17, 15) is 19.7 Å². The van der Waals surface area contributed by atoms with Gasteiger partial charge in [0, 0.05) is 17.8 Å². The van der Waals surface area contributed by atoms with Crippen LogP contribution in [0.25, 0.3) is 0 Å². The predicted octanol–water partition coefficient (Wildman–Crippen LogP) is 2.87. The largest absolute Gasteiger partial charge is 0.466 e. The van der Waals surface area contributed by atoms with Gasteiger partial charge in [-0.15, -0.1) is 12.4 Å². The summed E-state index contributed by atoms with van der Waals surface area (Å²) in [7, 11) is 1.28. The normalized spacial score (nSPS) is 14.2. The smallest absolute Gasteiger partial charge is 0.360 e. The lowest BCUT2D eigenvalue weighted by atomic mass is 9.94. The molecule has 1 aromatic heterocycles. The number of carbonyl (C=O) groups excluding carboxylic acids is 2. The third-order valence-corrected chi connectivity index (χ3v) is 5.76. The van der Waals surface area contributed by atoms with Gasteiger partial charge >= 0.3 is 11.9 Å². The zero-order valence-corrected chi connectivity index (χ0v) is 21.7. The third kappa shape index (κ3) is 5.83. The minimum atomic E-state index is -0.801. The second kappa shape index (κ2) is 13.0. The number of hydrogen-bond donors (Lipinski definition) is 1. The summed E-state index contributed by atoms with van der Waals surface area (Å²) in [5, 5.41) is 14.6. The molecule has 0 radical (unpaired) electrons. The number of allylic oxidation sites excluding steroid dienone is 1. The maximum atomic E-state index is 12.9. The summed E-state index contributed by atoms with van der Waals surface area (Å²) in [5.41, 5.74) is 1.18. The molecule has 1 atom stereocenters. The van der Waals surface area contributed by atoms with Gasteiger partial charge in [0.2, 0.25) is 0 Å². The summed E-state index contributed by atoms with van der Waals surface area (Å²) in [5.74, 6) is -0.314. The molecular weight excluding hydrogens is 494 g/mol. The Hall–Kier alpha value is -3.48. The van der Waals surface area contributed by atoms with E-state index in [0.717, 1.165) is 13.1 Å². The fourth-order valence-corrected chi connectivity index (χ4v) is 4.06. The van der Waals surface area contributed by atoms with E-state index in [4.69, 9.17) is 9.47 Å². The van der Waals surface area contributed by atoms with Crippen molar-refractivity contribution in [2.24, 2.45) is 0 Å². The Morgan fingerprint density at radius 1 is 1.22 bits per heavy atom. The fourth-order valence-electron chi connectivity index (χ4n) is 4.06. The number of rotatable bonds is 9. The van der Waals surface area contributed by atoms with Crippen LogP contribution in [0.3, 0.4) is 0 Å². The zero-order chi connectivity index (χ0) is 25.0. The van der Waals surface area contributed by atoms with Crippen molar-refractivity contribution in [1.29, 1.82) is 0 Å². The highest BCUT2D eigenvalue weighted by Crippen LogP contribution is 2.40. The topological polar surface area (TPSA) is 160 Å². The monoisotopic (exact) mass is 525 g/mol. The van der Waals surface area contributed by atoms with Gasteiger partial charge in [0.25, 0.3) is 5.69 Å². The van der Waals surface area contributed by atoms with Crippen molar-refractivity contribution in [1.82, 2.24) is 14.5 Å². The molecule has 3 rings (SSSR count). The second-order valence-electron chi connectivity index (χ2n) is 7.69. The SMILES string of the molecule is CCOC(=O)c1nc(CN(CC)CC)n2c1NC(C)=C(C(=O)OC)C2c1cccc([N+](=O)[O-])c1.Cl.O. The van der Waals surface area contributed by atoms with E-state index >= 15 is 0 Å². The minimum absolute atomic E-state index is 0. The van der Waals surface area contributed by atoms with Gasteiger partial charge in [-0.25, -0.2) is 14.6 Å². The molecular formula is C23H32ClN5O7. The Labute approximate surface area is 215 Å². The van der Waals surface area contributed by atoms with Crippen LogP contribution in [-0.2, 0) is 20.8 Å². The second-order valence-corrected chi connectivity index (χ2v) is 7.69. The molecule has 1 aliphatic heterocycles. The summed E-state index contributed by atoms with van der Waals surface area (Å²) in [6, 6.07) is 5.27. The van der Waals surface area contributed by atoms with Gasteiger partial charge in [0.15, 0.2) is 5.69 Å². The van der Waals surface area contributed by atoms with Gasteiger partial charge < -0.3 is 24.8 Å². The van der Waals surface area contributed by atoms with E-state index in [-0.39, 0.29) is 41.4 Å². The van der Waals surface area contributed by atoms with Crippen molar-refractivity contribution in [3.05, 3.63) is 62.7 Å². The van der Waals surface area contributed by atoms with Crippen LogP contribution in [0.1, 0.15) is 55.6 Å². The molecule has 0 aliphatic carbocycles. The van der Waals surface area contributed by atoms with Crippen LogP contribution in [0, 0.1) is 10.1 Å². The van der Waals surface area contributed by atoms with Crippen LogP contribution in [0.5, 0.6) is 0 Å². The van der Waals surface area contributed by atoms with Crippen molar-refractivity contribution in [2.75, 3.05) is 32.1 Å². The Morgan fingerprint density at radius 2 is 1.89 bits per heavy atom. The number of halogens is 1. The first-order valence-electron chi connectivity index (χ1n) is 11.1. The van der Waals surface area contributed by atoms with Crippen LogP contribution < -0.4 is 5.32 Å². The molecule has 36 heavy (non-hydrogen) atoms. The number of nitro groups is 1. The van der Waals surface area contributed by atoms with Gasteiger partial charge in [0.1, 0.15) is 11.6 Å². The highest BCUT2D eigenvalue weighted by molar-refractivity contribution is 5.96. The number of nitrogens with one attached hydrogen (secondary N) is 1. The summed E-state index contributed by atoms with van der Waals surface area (Å²) >= 11 is 0. The number of carbonyl (C=O) groups is 2. The Kier molecular flexibility index (Phi) is 11.0. The van der Waals surface area contributed by atoms with Crippen molar-refractivity contribution >= 4 is 35.9 Å². The number of esters is 2. The van der Waals surface area contributed by atoms with Crippen molar-refractivity contribution in [3.8, 4) is 0 Å². The molecule has 0 amide bonds.